The maximum absolute atomic E-state index is 13.6. The van der Waals surface area contributed by atoms with Crippen molar-refractivity contribution >= 4 is 15.8 Å². The molecule has 0 heterocycles. The highest BCUT2D eigenvalue weighted by atomic mass is 32.2. The van der Waals surface area contributed by atoms with Crippen LogP contribution in [0.15, 0.2) is 120 Å². The van der Waals surface area contributed by atoms with Crippen LogP contribution < -0.4 is 0 Å². The molecule has 2 unspecified atom stereocenters. The molecule has 11 nitrogen and oxygen atoms in total. The molecule has 0 spiro atoms. The first-order valence-corrected chi connectivity index (χ1v) is 15.6. The largest absolute Gasteiger partial charge is 0.387 e. The van der Waals surface area contributed by atoms with E-state index in [4.69, 9.17) is 18.4 Å². The molecule has 0 aliphatic heterocycles. The lowest BCUT2D eigenvalue weighted by atomic mass is 9.84. The number of nitro groups is 1. The van der Waals surface area contributed by atoms with Gasteiger partial charge in [0, 0.05) is 6.07 Å². The maximum atomic E-state index is 13.6. The minimum absolute atomic E-state index is 0.0243. The van der Waals surface area contributed by atoms with Gasteiger partial charge in [-0.15, -0.1) is 0 Å². The van der Waals surface area contributed by atoms with Crippen LogP contribution >= 0.6 is 0 Å². The molecule has 45 heavy (non-hydrogen) atoms. The molecule has 6 atom stereocenters. The Morgan fingerprint density at radius 2 is 0.956 bits per heavy atom. The summed E-state index contributed by atoms with van der Waals surface area (Å²) >= 11 is 0. The summed E-state index contributed by atoms with van der Waals surface area (Å²) in [6.45, 7) is -0.0851. The first-order chi connectivity index (χ1) is 21.7. The number of para-hydroxylation sites is 1. The SMILES string of the molecule is O=[N+]([O-])c1ccccc1S(=O)(=O)OC1[C@H](OCc2ccccc2)[C@H](O)C(OCc2ccccc2)[C@H](O)[C@H]1OCc1ccccc1. The van der Waals surface area contributed by atoms with Gasteiger partial charge in [-0.05, 0) is 22.8 Å². The molecule has 4 aromatic rings. The van der Waals surface area contributed by atoms with Crippen molar-refractivity contribution in [1.82, 2.24) is 0 Å². The Morgan fingerprint density at radius 1 is 0.578 bits per heavy atom. The Morgan fingerprint density at radius 3 is 1.38 bits per heavy atom. The molecule has 0 aromatic heterocycles. The van der Waals surface area contributed by atoms with Crippen molar-refractivity contribution in [2.45, 2.75) is 61.3 Å². The first kappa shape index (κ1) is 32.4. The number of aliphatic hydroxyl groups is 2. The zero-order valence-electron chi connectivity index (χ0n) is 24.1. The number of hydrogen-bond acceptors (Lipinski definition) is 10. The van der Waals surface area contributed by atoms with Crippen LogP contribution in [0.25, 0.3) is 0 Å². The van der Waals surface area contributed by atoms with Crippen molar-refractivity contribution in [2.24, 2.45) is 0 Å². The third-order valence-electron chi connectivity index (χ3n) is 7.42. The Kier molecular flexibility index (Phi) is 10.7. The van der Waals surface area contributed by atoms with E-state index in [0.29, 0.717) is 0 Å². The van der Waals surface area contributed by atoms with Gasteiger partial charge in [0.25, 0.3) is 5.69 Å². The molecule has 1 aliphatic rings. The van der Waals surface area contributed by atoms with Gasteiger partial charge in [-0.2, -0.15) is 8.42 Å². The van der Waals surface area contributed by atoms with Crippen LogP contribution in [-0.2, 0) is 48.3 Å². The monoisotopic (exact) mass is 635 g/mol. The smallest absolute Gasteiger partial charge is 0.304 e. The van der Waals surface area contributed by atoms with Gasteiger partial charge in [0.2, 0.25) is 0 Å². The van der Waals surface area contributed by atoms with E-state index in [-0.39, 0.29) is 19.8 Å². The Bertz CT molecular complexity index is 1580. The number of rotatable bonds is 13. The summed E-state index contributed by atoms with van der Waals surface area (Å²) in [6, 6.07) is 31.9. The Balaban J connectivity index is 1.51. The summed E-state index contributed by atoms with van der Waals surface area (Å²) in [5.74, 6) is 0. The normalized spacial score (nSPS) is 23.4. The topological polar surface area (TPSA) is 155 Å². The van der Waals surface area contributed by atoms with Crippen LogP contribution in [0.3, 0.4) is 0 Å². The molecule has 0 saturated heterocycles. The van der Waals surface area contributed by atoms with Crippen molar-refractivity contribution < 1.29 is 41.9 Å². The second kappa shape index (κ2) is 14.8. The number of ether oxygens (including phenoxy) is 3. The van der Waals surface area contributed by atoms with E-state index in [9.17, 15) is 28.7 Å². The summed E-state index contributed by atoms with van der Waals surface area (Å²) in [4.78, 5) is 10.2. The fourth-order valence-electron chi connectivity index (χ4n) is 5.16. The predicted molar refractivity (Wildman–Crippen MR) is 162 cm³/mol. The molecule has 4 aromatic carbocycles. The molecule has 236 valence electrons. The summed E-state index contributed by atoms with van der Waals surface area (Å²) in [7, 11) is -4.85. The molecule has 0 amide bonds. The van der Waals surface area contributed by atoms with Crippen molar-refractivity contribution in [3.8, 4) is 0 Å². The maximum Gasteiger partial charge on any atom is 0.304 e. The van der Waals surface area contributed by atoms with Gasteiger partial charge in [-0.25, -0.2) is 0 Å². The highest BCUT2D eigenvalue weighted by Crippen LogP contribution is 2.35. The van der Waals surface area contributed by atoms with E-state index in [0.717, 1.165) is 28.8 Å². The highest BCUT2D eigenvalue weighted by molar-refractivity contribution is 7.87. The van der Waals surface area contributed by atoms with Crippen LogP contribution in [-0.4, -0.2) is 60.2 Å². The van der Waals surface area contributed by atoms with Crippen LogP contribution in [0, 0.1) is 10.1 Å². The number of hydrogen-bond donors (Lipinski definition) is 2. The Hall–Kier alpha value is -4.01. The quantitative estimate of drug-likeness (QED) is 0.124. The summed E-state index contributed by atoms with van der Waals surface area (Å²) in [6.07, 6.45) is -8.91. The molecule has 2 N–H and O–H groups in total. The average molecular weight is 636 g/mol. The minimum Gasteiger partial charge on any atom is -0.387 e. The number of aliphatic hydroxyl groups excluding tert-OH is 2. The van der Waals surface area contributed by atoms with Crippen LogP contribution in [0.5, 0.6) is 0 Å². The van der Waals surface area contributed by atoms with Gasteiger partial charge in [-0.1, -0.05) is 103 Å². The lowest BCUT2D eigenvalue weighted by Crippen LogP contribution is -2.66. The van der Waals surface area contributed by atoms with E-state index in [1.807, 2.05) is 42.5 Å². The molecule has 12 heteroatoms. The van der Waals surface area contributed by atoms with E-state index < -0.39 is 62.2 Å². The minimum atomic E-state index is -4.85. The zero-order chi connectivity index (χ0) is 31.8. The van der Waals surface area contributed by atoms with Gasteiger partial charge in [0.15, 0.2) is 4.90 Å². The van der Waals surface area contributed by atoms with Crippen molar-refractivity contribution in [1.29, 1.82) is 0 Å². The van der Waals surface area contributed by atoms with E-state index >= 15 is 0 Å². The fraction of sp³-hybridized carbons (Fsp3) is 0.273. The molecule has 1 aliphatic carbocycles. The second-order valence-corrected chi connectivity index (χ2v) is 12.0. The summed E-state index contributed by atoms with van der Waals surface area (Å²) in [5.41, 5.74) is 1.53. The number of nitro benzene ring substituents is 1. The fourth-order valence-corrected chi connectivity index (χ4v) is 6.42. The Labute approximate surface area is 260 Å². The first-order valence-electron chi connectivity index (χ1n) is 14.2. The van der Waals surface area contributed by atoms with Crippen LogP contribution in [0.1, 0.15) is 16.7 Å². The van der Waals surface area contributed by atoms with Crippen LogP contribution in [0.2, 0.25) is 0 Å². The van der Waals surface area contributed by atoms with Crippen LogP contribution in [0.4, 0.5) is 5.69 Å². The van der Waals surface area contributed by atoms with Crippen molar-refractivity contribution in [3.05, 3.63) is 142 Å². The van der Waals surface area contributed by atoms with E-state index in [2.05, 4.69) is 0 Å². The standard InChI is InChI=1S/C33H33NO10S/c35-28-30(41-20-23-12-4-1-5-13-23)29(36)32(43-22-25-16-8-3-9-17-25)33(31(28)42-21-24-14-6-2-7-15-24)44-45(39,40)27-19-11-10-18-26(27)34(37)38/h1-19,28-33,35-36H,20-22H2/t28-,29+,30?,31-,32-,33?/m1/s1. The van der Waals surface area contributed by atoms with Crippen molar-refractivity contribution in [3.63, 3.8) is 0 Å². The summed E-state index contributed by atoms with van der Waals surface area (Å²) < 4.78 is 51.2. The molecule has 0 radical (unpaired) electrons. The van der Waals surface area contributed by atoms with E-state index in [1.165, 1.54) is 12.1 Å². The van der Waals surface area contributed by atoms with Gasteiger partial charge < -0.3 is 24.4 Å². The average Bonchev–Trinajstić information content (AvgIpc) is 3.05. The predicted octanol–water partition coefficient (Wildman–Crippen LogP) is 4.16. The second-order valence-electron chi connectivity index (χ2n) is 10.5. The van der Waals surface area contributed by atoms with Gasteiger partial charge in [0.1, 0.15) is 36.6 Å². The molecular weight excluding hydrogens is 602 g/mol. The lowest BCUT2D eigenvalue weighted by molar-refractivity contribution is -0.387. The van der Waals surface area contributed by atoms with Gasteiger partial charge >= 0.3 is 10.1 Å². The number of benzene rings is 4. The highest BCUT2D eigenvalue weighted by Gasteiger charge is 2.54. The lowest BCUT2D eigenvalue weighted by Gasteiger charge is -2.46. The molecular formula is C33H33NO10S. The number of nitrogens with zero attached hydrogens (tertiary/aromatic N) is 1. The van der Waals surface area contributed by atoms with Gasteiger partial charge in [0.05, 0.1) is 24.7 Å². The molecule has 1 fully saturated rings. The third kappa shape index (κ3) is 7.99. The molecule has 5 rings (SSSR count). The summed E-state index contributed by atoms with van der Waals surface area (Å²) in [5, 5.41) is 34.9. The van der Waals surface area contributed by atoms with E-state index in [1.54, 1.807) is 48.5 Å². The molecule has 0 bridgehead atoms. The third-order valence-corrected chi connectivity index (χ3v) is 8.78. The van der Waals surface area contributed by atoms with Gasteiger partial charge in [-0.3, -0.25) is 14.3 Å². The van der Waals surface area contributed by atoms with Crippen molar-refractivity contribution in [2.75, 3.05) is 0 Å². The molecule has 1 saturated carbocycles. The zero-order valence-corrected chi connectivity index (χ0v) is 24.9.